The fourth-order valence-electron chi connectivity index (χ4n) is 17.5. The Morgan fingerprint density at radius 3 is 0.989 bits per heavy atom. The highest BCUT2D eigenvalue weighted by atomic mass is 15.4. The lowest BCUT2D eigenvalue weighted by atomic mass is 9.65. The summed E-state index contributed by atoms with van der Waals surface area (Å²) in [5.74, 6) is 3.67. The molecule has 9 aliphatic rings. The molecule has 1 aromatic heterocycles. The summed E-state index contributed by atoms with van der Waals surface area (Å²) in [5, 5.41) is 0. The highest BCUT2D eigenvalue weighted by molar-refractivity contribution is 6.14. The van der Waals surface area contributed by atoms with Crippen LogP contribution in [0.25, 0.3) is 33.4 Å². The van der Waals surface area contributed by atoms with Crippen molar-refractivity contribution in [3.63, 3.8) is 0 Å². The van der Waals surface area contributed by atoms with Crippen molar-refractivity contribution in [3.8, 4) is 0 Å². The molecule has 90 heavy (non-hydrogen) atoms. The molecule has 0 radical (unpaired) electrons. The molecule has 3 aliphatic heterocycles. The van der Waals surface area contributed by atoms with Crippen LogP contribution in [0.1, 0.15) is 98.9 Å². The van der Waals surface area contributed by atoms with Crippen molar-refractivity contribution in [2.75, 3.05) is 14.7 Å². The first-order valence-electron chi connectivity index (χ1n) is 32.6. The maximum atomic E-state index is 5.95. The molecule has 0 bridgehead atoms. The fourth-order valence-corrected chi connectivity index (χ4v) is 17.5. The molecular weight excluding hydrogens is 1090 g/mol. The Morgan fingerprint density at radius 2 is 0.600 bits per heavy atom. The summed E-state index contributed by atoms with van der Waals surface area (Å²) in [7, 11) is 0. The zero-order chi connectivity index (χ0) is 59.0. The van der Waals surface area contributed by atoms with E-state index in [0.29, 0.717) is 41.5 Å². The second-order valence-electron chi connectivity index (χ2n) is 25.8. The Hall–Kier alpha value is -10.4. The van der Waals surface area contributed by atoms with Crippen molar-refractivity contribution >= 4 is 85.4 Å². The van der Waals surface area contributed by atoms with Crippen LogP contribution in [0, 0.1) is 29.6 Å². The van der Waals surface area contributed by atoms with E-state index < -0.39 is 0 Å². The van der Waals surface area contributed by atoms with E-state index >= 15 is 0 Å². The van der Waals surface area contributed by atoms with Gasteiger partial charge in [-0.2, -0.15) is 15.0 Å². The monoisotopic (exact) mass is 1160 g/mol. The highest BCUT2D eigenvalue weighted by Gasteiger charge is 2.43. The summed E-state index contributed by atoms with van der Waals surface area (Å²) in [4.78, 5) is 24.9. The van der Waals surface area contributed by atoms with Crippen LogP contribution in [-0.4, -0.2) is 15.0 Å². The highest BCUT2D eigenvalue weighted by Crippen LogP contribution is 2.60. The Labute approximate surface area is 526 Å². The molecule has 6 nitrogen and oxygen atoms in total. The van der Waals surface area contributed by atoms with Crippen LogP contribution in [0.15, 0.2) is 266 Å². The normalized spacial score (nSPS) is 21.0. The smallest absolute Gasteiger partial charge is 0.241 e. The van der Waals surface area contributed by atoms with Crippen molar-refractivity contribution in [2.24, 2.45) is 29.6 Å². The summed E-state index contributed by atoms with van der Waals surface area (Å²) in [6, 6.07) is 81.6. The molecule has 0 fully saturated rings. The molecule has 9 aromatic carbocycles. The average molecular weight is 1160 g/mol. The second-order valence-corrected chi connectivity index (χ2v) is 25.8. The molecule has 6 heteroatoms. The van der Waals surface area contributed by atoms with Crippen LogP contribution < -0.4 is 14.7 Å². The number of rotatable bonds is 3. The number of para-hydroxylation sites is 6. The van der Waals surface area contributed by atoms with Crippen LogP contribution in [-0.2, 0) is 19.3 Å². The van der Waals surface area contributed by atoms with Gasteiger partial charge >= 0.3 is 0 Å². The van der Waals surface area contributed by atoms with E-state index in [0.717, 1.165) is 96.6 Å². The van der Waals surface area contributed by atoms with E-state index in [1.165, 1.54) is 94.6 Å². The average Bonchev–Trinajstić information content (AvgIpc) is 0.753. The Balaban J connectivity index is 0.880. The molecule has 0 saturated carbocycles. The molecule has 430 valence electrons. The summed E-state index contributed by atoms with van der Waals surface area (Å²) in [5.41, 5.74) is 31.2. The van der Waals surface area contributed by atoms with Gasteiger partial charge in [0.05, 0.1) is 34.1 Å². The summed E-state index contributed by atoms with van der Waals surface area (Å²) in [6.45, 7) is 0. The number of allylic oxidation sites excluding steroid dienone is 11. The third kappa shape index (κ3) is 7.79. The SMILES string of the molecule is C1=CCC2C(=C1)Cc1ccccc1C2=C1c2ccccc2N(c2nc(N3c4ccccc4C(=C4c5ccccc5CC5CC=CCC45)c4ccccc43)nc(N3c4ccccc4C(=C4c5ccccc5CC5CC=CCC45)c4ccccc43)n2)c2ccccc21. The molecule has 0 saturated heterocycles. The molecule has 10 aromatic rings. The number of hydrogen-bond acceptors (Lipinski definition) is 6. The minimum Gasteiger partial charge on any atom is -0.278 e. The number of hydrogen-bond donors (Lipinski definition) is 0. The van der Waals surface area contributed by atoms with Crippen LogP contribution in [0.2, 0.25) is 0 Å². The van der Waals surface area contributed by atoms with E-state index in [9.17, 15) is 0 Å². The third-order valence-corrected chi connectivity index (χ3v) is 21.3. The van der Waals surface area contributed by atoms with Gasteiger partial charge < -0.3 is 0 Å². The van der Waals surface area contributed by atoms with Crippen molar-refractivity contribution < 1.29 is 0 Å². The standard InChI is InChI=1S/C84H64N6/c1-7-31-58-52(25-1)49-53-26-2-8-32-59(53)76(58)79-64-37-13-19-43-70(64)88(71-44-20-14-38-65(71)79)82-85-83(89-72-45-21-15-39-66(72)80(67-40-16-22-46-73(67)89)77-60-33-9-3-27-54(60)50-55-28-4-10-34-61(55)77)87-84(86-82)90-74-47-23-17-41-68(74)81(69-42-18-24-48-75(69)90)78-62-35-11-5-29-56(62)51-57-30-6-12-36-63(57)78/h1-27,29,31,33,35,37-48,55,57,59,61,63H,28,30,32,34,36,49-51H2. The van der Waals surface area contributed by atoms with Gasteiger partial charge in [0.25, 0.3) is 0 Å². The number of benzene rings is 9. The lowest BCUT2D eigenvalue weighted by Crippen LogP contribution is -2.29. The van der Waals surface area contributed by atoms with Gasteiger partial charge in [0.15, 0.2) is 0 Å². The zero-order valence-electron chi connectivity index (χ0n) is 50.1. The van der Waals surface area contributed by atoms with Gasteiger partial charge in [0.2, 0.25) is 17.8 Å². The largest absolute Gasteiger partial charge is 0.278 e. The van der Waals surface area contributed by atoms with Gasteiger partial charge in [-0.25, -0.2) is 0 Å². The second kappa shape index (κ2) is 20.6. The topological polar surface area (TPSA) is 48.4 Å². The summed E-state index contributed by atoms with van der Waals surface area (Å²) < 4.78 is 0. The van der Waals surface area contributed by atoms with Crippen molar-refractivity contribution in [1.82, 2.24) is 15.0 Å². The molecule has 5 unspecified atom stereocenters. The Morgan fingerprint density at radius 1 is 0.289 bits per heavy atom. The number of aromatic nitrogens is 3. The summed E-state index contributed by atoms with van der Waals surface area (Å²) >= 11 is 0. The van der Waals surface area contributed by atoms with E-state index in [1.807, 2.05) is 0 Å². The van der Waals surface area contributed by atoms with E-state index in [2.05, 4.69) is 276 Å². The fraction of sp³-hybridized carbons (Fsp3) is 0.155. The van der Waals surface area contributed by atoms with Crippen molar-refractivity contribution in [3.05, 3.63) is 333 Å². The van der Waals surface area contributed by atoms with Crippen LogP contribution in [0.4, 0.5) is 52.0 Å². The van der Waals surface area contributed by atoms with Crippen LogP contribution in [0.5, 0.6) is 0 Å². The van der Waals surface area contributed by atoms with E-state index in [1.54, 1.807) is 0 Å². The van der Waals surface area contributed by atoms with Crippen LogP contribution >= 0.6 is 0 Å². The molecule has 4 heterocycles. The molecule has 6 aliphatic carbocycles. The van der Waals surface area contributed by atoms with E-state index in [-0.39, 0.29) is 5.92 Å². The van der Waals surface area contributed by atoms with Gasteiger partial charge in [0, 0.05) is 39.3 Å². The molecule has 0 spiro atoms. The van der Waals surface area contributed by atoms with Gasteiger partial charge in [-0.1, -0.05) is 230 Å². The predicted octanol–water partition coefficient (Wildman–Crippen LogP) is 20.4. The molecule has 0 N–H and O–H groups in total. The molecule has 5 atom stereocenters. The van der Waals surface area contributed by atoms with Gasteiger partial charge in [-0.05, 0) is 178 Å². The number of fused-ring (bicyclic) bond motifs is 12. The number of anilines is 9. The Kier molecular flexibility index (Phi) is 11.8. The maximum absolute atomic E-state index is 5.95. The van der Waals surface area contributed by atoms with Gasteiger partial charge in [-0.3, -0.25) is 14.7 Å². The predicted molar refractivity (Wildman–Crippen MR) is 368 cm³/mol. The third-order valence-electron chi connectivity index (χ3n) is 21.3. The van der Waals surface area contributed by atoms with Crippen LogP contribution in [0.3, 0.4) is 0 Å². The molecular formula is C84H64N6. The first kappa shape index (κ1) is 51.6. The minimum atomic E-state index is 0.242. The number of nitrogens with zero attached hydrogens (tertiary/aromatic N) is 6. The van der Waals surface area contributed by atoms with Crippen molar-refractivity contribution in [1.29, 1.82) is 0 Å². The maximum Gasteiger partial charge on any atom is 0.241 e. The lowest BCUT2D eigenvalue weighted by molar-refractivity contribution is 0.383. The quantitative estimate of drug-likeness (QED) is 0.164. The molecule has 19 rings (SSSR count). The first-order chi connectivity index (χ1) is 44.7. The van der Waals surface area contributed by atoms with Crippen molar-refractivity contribution in [2.45, 2.75) is 51.4 Å². The lowest BCUT2D eigenvalue weighted by Gasteiger charge is -2.42. The molecule has 0 amide bonds. The first-order valence-corrected chi connectivity index (χ1v) is 32.6. The Bertz CT molecular complexity index is 4570. The zero-order valence-corrected chi connectivity index (χ0v) is 50.1. The van der Waals surface area contributed by atoms with Gasteiger partial charge in [-0.15, -0.1) is 0 Å². The summed E-state index contributed by atoms with van der Waals surface area (Å²) in [6.07, 6.45) is 25.0. The van der Waals surface area contributed by atoms with E-state index in [4.69, 9.17) is 15.0 Å². The minimum absolute atomic E-state index is 0.242. The van der Waals surface area contributed by atoms with Gasteiger partial charge in [0.1, 0.15) is 0 Å².